The summed E-state index contributed by atoms with van der Waals surface area (Å²) >= 11 is 0. The van der Waals surface area contributed by atoms with Crippen LogP contribution in [0.15, 0.2) is 58.4 Å². The number of carbonyl (C=O) groups is 1. The Morgan fingerprint density at radius 1 is 1.18 bits per heavy atom. The Morgan fingerprint density at radius 2 is 1.88 bits per heavy atom. The first-order valence-electron chi connectivity index (χ1n) is 11.5. The first-order valence-corrected chi connectivity index (χ1v) is 11.5. The number of hydrogen-bond donors (Lipinski definition) is 2. The molecule has 1 aliphatic carbocycles. The minimum absolute atomic E-state index is 0.0651. The molecule has 34 heavy (non-hydrogen) atoms. The normalized spacial score (nSPS) is 17.7. The summed E-state index contributed by atoms with van der Waals surface area (Å²) in [6, 6.07) is 13.0. The second kappa shape index (κ2) is 10.2. The highest BCUT2D eigenvalue weighted by Crippen LogP contribution is 2.38. The number of carboxylic acids is 1. The Hall–Kier alpha value is -3.52. The lowest BCUT2D eigenvalue weighted by Crippen LogP contribution is -2.23. The molecule has 0 spiro atoms. The lowest BCUT2D eigenvalue weighted by Gasteiger charge is -2.21. The average Bonchev–Trinajstić information content (AvgIpc) is 3.56. The van der Waals surface area contributed by atoms with Crippen molar-refractivity contribution in [3.63, 3.8) is 0 Å². The van der Waals surface area contributed by atoms with E-state index in [0.29, 0.717) is 24.3 Å². The molecule has 0 radical (unpaired) electrons. The van der Waals surface area contributed by atoms with Gasteiger partial charge in [0.2, 0.25) is 5.43 Å². The van der Waals surface area contributed by atoms with Crippen LogP contribution in [-0.4, -0.2) is 55.1 Å². The van der Waals surface area contributed by atoms with Crippen LogP contribution >= 0.6 is 0 Å². The van der Waals surface area contributed by atoms with E-state index in [4.69, 9.17) is 0 Å². The summed E-state index contributed by atoms with van der Waals surface area (Å²) in [7, 11) is 3.75. The molecule has 1 aliphatic heterocycles. The highest BCUT2D eigenvalue weighted by atomic mass is 19.1. The van der Waals surface area contributed by atoms with Crippen LogP contribution in [0.4, 0.5) is 10.1 Å². The summed E-state index contributed by atoms with van der Waals surface area (Å²) in [6.07, 6.45) is 5.91. The molecule has 1 unspecified atom stereocenters. The van der Waals surface area contributed by atoms with Crippen LogP contribution in [0.25, 0.3) is 10.9 Å². The van der Waals surface area contributed by atoms with Crippen LogP contribution in [-0.2, 0) is 0 Å². The number of hydrogen-bond acceptors (Lipinski definition) is 5. The molecule has 3 aromatic rings. The lowest BCUT2D eigenvalue weighted by atomic mass is 10.1. The smallest absolute Gasteiger partial charge is 0.341 e. The quantitative estimate of drug-likeness (QED) is 0.562. The predicted octanol–water partition coefficient (Wildman–Crippen LogP) is 3.71. The van der Waals surface area contributed by atoms with Gasteiger partial charge >= 0.3 is 5.97 Å². The van der Waals surface area contributed by atoms with Gasteiger partial charge in [0.15, 0.2) is 0 Å². The van der Waals surface area contributed by atoms with Gasteiger partial charge in [0, 0.05) is 36.9 Å². The van der Waals surface area contributed by atoms with E-state index in [-0.39, 0.29) is 23.0 Å². The van der Waals surface area contributed by atoms with Crippen molar-refractivity contribution in [3.8, 4) is 0 Å². The fourth-order valence-corrected chi connectivity index (χ4v) is 4.22. The van der Waals surface area contributed by atoms with Gasteiger partial charge in [0.05, 0.1) is 17.2 Å². The number of nitrogens with zero attached hydrogens (tertiary/aromatic N) is 3. The van der Waals surface area contributed by atoms with E-state index in [1.165, 1.54) is 12.3 Å². The molecule has 2 heterocycles. The van der Waals surface area contributed by atoms with Crippen molar-refractivity contribution >= 4 is 28.8 Å². The zero-order valence-corrected chi connectivity index (χ0v) is 19.4. The van der Waals surface area contributed by atoms with Gasteiger partial charge in [-0.15, -0.1) is 0 Å². The topological polar surface area (TPSA) is 86.9 Å². The molecule has 1 aromatic heterocycles. The standard InChI is InChI=1S/C24H22FN3O3.C2H7N/c25-20-10-18-21(28(17-6-7-17)14-19(23(18)29)24(30)31)11-22(20)27-9-8-16(13-27)26-12-15-4-2-1-3-5-15;1-3-2/h1-5,10-12,14,16-17H,6-9,13H2,(H,30,31);3H,1-2H3. The van der Waals surface area contributed by atoms with E-state index in [1.807, 2.05) is 60.1 Å². The minimum Gasteiger partial charge on any atom is -0.477 e. The number of anilines is 1. The number of rotatable bonds is 5. The fraction of sp³-hybridized carbons (Fsp3) is 0.346. The molecule has 1 saturated carbocycles. The maximum absolute atomic E-state index is 15.0. The summed E-state index contributed by atoms with van der Waals surface area (Å²) in [6.45, 7) is 1.26. The molecule has 178 valence electrons. The van der Waals surface area contributed by atoms with Crippen molar-refractivity contribution in [2.45, 2.75) is 31.3 Å². The van der Waals surface area contributed by atoms with Crippen molar-refractivity contribution in [2.75, 3.05) is 32.1 Å². The zero-order chi connectivity index (χ0) is 24.2. The Bertz CT molecular complexity index is 1270. The molecule has 5 rings (SSSR count). The summed E-state index contributed by atoms with van der Waals surface area (Å²) < 4.78 is 16.9. The van der Waals surface area contributed by atoms with Gasteiger partial charge in [-0.25, -0.2) is 9.18 Å². The predicted molar refractivity (Wildman–Crippen MR) is 133 cm³/mol. The third-order valence-corrected chi connectivity index (χ3v) is 6.01. The lowest BCUT2D eigenvalue weighted by molar-refractivity contribution is 0.0695. The summed E-state index contributed by atoms with van der Waals surface area (Å²) in [4.78, 5) is 30.7. The van der Waals surface area contributed by atoms with E-state index in [2.05, 4.69) is 10.3 Å². The first-order chi connectivity index (χ1) is 16.4. The highest BCUT2D eigenvalue weighted by molar-refractivity contribution is 5.93. The maximum atomic E-state index is 15.0. The number of fused-ring (bicyclic) bond motifs is 1. The number of carboxylic acid groups (broad SMARTS) is 1. The third-order valence-electron chi connectivity index (χ3n) is 6.01. The summed E-state index contributed by atoms with van der Waals surface area (Å²) in [5, 5.41) is 12.2. The van der Waals surface area contributed by atoms with E-state index in [0.717, 1.165) is 24.8 Å². The van der Waals surface area contributed by atoms with Crippen molar-refractivity contribution in [3.05, 3.63) is 75.8 Å². The molecule has 1 saturated heterocycles. The van der Waals surface area contributed by atoms with Gasteiger partial charge in [-0.3, -0.25) is 9.79 Å². The zero-order valence-electron chi connectivity index (χ0n) is 19.4. The molecule has 2 fully saturated rings. The Balaban J connectivity index is 0.000000868. The van der Waals surface area contributed by atoms with Crippen molar-refractivity contribution in [1.29, 1.82) is 0 Å². The summed E-state index contributed by atoms with van der Waals surface area (Å²) in [5.41, 5.74) is 1.09. The Labute approximate surface area is 197 Å². The molecular weight excluding hydrogens is 435 g/mol. The van der Waals surface area contributed by atoms with E-state index in [9.17, 15) is 14.7 Å². The maximum Gasteiger partial charge on any atom is 0.341 e. The number of aliphatic imine (C=N–C) groups is 1. The van der Waals surface area contributed by atoms with Gasteiger partial charge in [0.25, 0.3) is 0 Å². The number of aromatic carboxylic acids is 1. The van der Waals surface area contributed by atoms with Gasteiger partial charge in [-0.2, -0.15) is 0 Å². The number of halogens is 1. The molecule has 0 amide bonds. The molecule has 8 heteroatoms. The average molecular weight is 465 g/mol. The van der Waals surface area contributed by atoms with Crippen LogP contribution in [0.2, 0.25) is 0 Å². The van der Waals surface area contributed by atoms with Crippen molar-refractivity contribution in [2.24, 2.45) is 4.99 Å². The molecule has 2 aliphatic rings. The molecule has 2 N–H and O–H groups in total. The number of nitrogens with one attached hydrogen (secondary N) is 1. The van der Waals surface area contributed by atoms with Crippen LogP contribution in [0.1, 0.15) is 41.2 Å². The monoisotopic (exact) mass is 464 g/mol. The van der Waals surface area contributed by atoms with Gasteiger partial charge in [-0.1, -0.05) is 30.3 Å². The Kier molecular flexibility index (Phi) is 7.07. The van der Waals surface area contributed by atoms with Crippen molar-refractivity contribution in [1.82, 2.24) is 9.88 Å². The van der Waals surface area contributed by atoms with Crippen molar-refractivity contribution < 1.29 is 14.3 Å². The molecule has 1 atom stereocenters. The van der Waals surface area contributed by atoms with Crippen LogP contribution in [0, 0.1) is 5.82 Å². The van der Waals surface area contributed by atoms with E-state index >= 15 is 4.39 Å². The second-order valence-corrected chi connectivity index (χ2v) is 8.71. The second-order valence-electron chi connectivity index (χ2n) is 8.71. The highest BCUT2D eigenvalue weighted by Gasteiger charge is 2.29. The van der Waals surface area contributed by atoms with Crippen LogP contribution in [0.3, 0.4) is 0 Å². The first kappa shape index (κ1) is 23.6. The van der Waals surface area contributed by atoms with Gasteiger partial charge < -0.3 is 19.9 Å². The van der Waals surface area contributed by atoms with E-state index < -0.39 is 17.2 Å². The van der Waals surface area contributed by atoms with Crippen LogP contribution in [0.5, 0.6) is 0 Å². The number of pyridine rings is 1. The molecular formula is C26H29FN4O3. The minimum atomic E-state index is -1.29. The number of benzene rings is 2. The van der Waals surface area contributed by atoms with Gasteiger partial charge in [0.1, 0.15) is 11.4 Å². The molecule has 7 nitrogen and oxygen atoms in total. The van der Waals surface area contributed by atoms with E-state index in [1.54, 1.807) is 6.07 Å². The number of aromatic nitrogens is 1. The SMILES string of the molecule is CNC.O=C(O)c1cn(C2CC2)c2cc(N3CCC(N=Cc4ccccc4)C3)c(F)cc2c1=O. The largest absolute Gasteiger partial charge is 0.477 e. The molecule has 0 bridgehead atoms. The third kappa shape index (κ3) is 5.02. The van der Waals surface area contributed by atoms with Crippen LogP contribution < -0.4 is 15.6 Å². The summed E-state index contributed by atoms with van der Waals surface area (Å²) in [5.74, 6) is -1.80. The fourth-order valence-electron chi connectivity index (χ4n) is 4.22. The Morgan fingerprint density at radius 3 is 2.53 bits per heavy atom. The van der Waals surface area contributed by atoms with Gasteiger partial charge in [-0.05, 0) is 51.1 Å². The molecule has 2 aromatic carbocycles.